The van der Waals surface area contributed by atoms with Crippen LogP contribution in [0.5, 0.6) is 5.75 Å². The number of nitrogens with two attached hydrogens (primary N) is 1. The molecule has 0 heterocycles. The molecule has 13 heavy (non-hydrogen) atoms. The fraction of sp³-hybridized carbons (Fsp3) is 0.222. The van der Waals surface area contributed by atoms with E-state index in [1.165, 1.54) is 0 Å². The van der Waals surface area contributed by atoms with Gasteiger partial charge in [0, 0.05) is 6.42 Å². The van der Waals surface area contributed by atoms with Gasteiger partial charge in [0.05, 0.1) is 0 Å². The van der Waals surface area contributed by atoms with Gasteiger partial charge < -0.3 is 12.3 Å². The fourth-order valence-corrected chi connectivity index (χ4v) is 0.980. The van der Waals surface area contributed by atoms with E-state index < -0.39 is 0 Å². The van der Waals surface area contributed by atoms with Gasteiger partial charge in [-0.1, -0.05) is 18.2 Å². The smallest absolute Gasteiger partial charge is 1.00 e. The summed E-state index contributed by atoms with van der Waals surface area (Å²) in [5.74, 6) is -0.128. The van der Waals surface area contributed by atoms with Crippen LogP contribution in [0.15, 0.2) is 24.3 Å². The van der Waals surface area contributed by atoms with Crippen LogP contribution >= 0.6 is 0 Å². The maximum absolute atomic E-state index is 10.4. The summed E-state index contributed by atoms with van der Waals surface area (Å²) in [6.07, 6.45) is 0.777. The number of primary amides is 1. The van der Waals surface area contributed by atoms with Crippen molar-refractivity contribution in [3.05, 3.63) is 29.8 Å². The molecule has 1 amide bonds. The summed E-state index contributed by atoms with van der Waals surface area (Å²) >= 11 is 0. The number of benzene rings is 1. The topological polar surface area (TPSA) is 63.3 Å². The normalized spacial score (nSPS) is 8.92. The Morgan fingerprint density at radius 3 is 2.62 bits per heavy atom. The molecule has 0 aromatic heterocycles. The summed E-state index contributed by atoms with van der Waals surface area (Å²) in [5.41, 5.74) is 5.73. The standard InChI is InChI=1S/C9H11NO2.Na.H/c10-9(12)6-5-7-3-1-2-4-8(7)11;;/h1-4,11H,5-6H2,(H2,10,12);;/q;+1;-1. The molecule has 4 heteroatoms. The van der Waals surface area contributed by atoms with Gasteiger partial charge in [0.15, 0.2) is 0 Å². The van der Waals surface area contributed by atoms with E-state index >= 15 is 0 Å². The second-order valence-electron chi connectivity index (χ2n) is 2.60. The zero-order valence-electron chi connectivity index (χ0n) is 8.66. The fourth-order valence-electron chi connectivity index (χ4n) is 0.980. The third-order valence-electron chi connectivity index (χ3n) is 1.63. The number of hydrogen-bond acceptors (Lipinski definition) is 2. The molecule has 3 nitrogen and oxygen atoms in total. The minimum Gasteiger partial charge on any atom is -1.00 e. The molecule has 0 unspecified atom stereocenters. The Morgan fingerprint density at radius 2 is 2.08 bits per heavy atom. The van der Waals surface area contributed by atoms with Crippen LogP contribution in [0.2, 0.25) is 0 Å². The Labute approximate surface area is 101 Å². The summed E-state index contributed by atoms with van der Waals surface area (Å²) in [6, 6.07) is 6.92. The first-order valence-electron chi connectivity index (χ1n) is 3.75. The van der Waals surface area contributed by atoms with E-state index in [0.717, 1.165) is 5.56 Å². The van der Waals surface area contributed by atoms with Crippen molar-refractivity contribution in [1.82, 2.24) is 0 Å². The molecule has 0 fully saturated rings. The van der Waals surface area contributed by atoms with Gasteiger partial charge in [-0.2, -0.15) is 0 Å². The number of aryl methyl sites for hydroxylation is 1. The Balaban J connectivity index is 0. The number of aromatic hydroxyl groups is 1. The first-order valence-corrected chi connectivity index (χ1v) is 3.75. The van der Waals surface area contributed by atoms with E-state index in [2.05, 4.69) is 0 Å². The molecule has 0 spiro atoms. The summed E-state index contributed by atoms with van der Waals surface area (Å²) in [7, 11) is 0. The van der Waals surface area contributed by atoms with Crippen LogP contribution in [-0.2, 0) is 11.2 Å². The summed E-state index contributed by atoms with van der Waals surface area (Å²) in [6.45, 7) is 0. The van der Waals surface area contributed by atoms with Gasteiger partial charge in [-0.3, -0.25) is 4.79 Å². The van der Waals surface area contributed by atoms with Crippen LogP contribution in [0, 0.1) is 0 Å². The number of carbonyl (C=O) groups excluding carboxylic acids is 1. The van der Waals surface area contributed by atoms with Crippen LogP contribution in [0.1, 0.15) is 13.4 Å². The summed E-state index contributed by atoms with van der Waals surface area (Å²) < 4.78 is 0. The van der Waals surface area contributed by atoms with Crippen molar-refractivity contribution >= 4 is 5.91 Å². The van der Waals surface area contributed by atoms with Gasteiger partial charge in [-0.05, 0) is 18.1 Å². The molecular formula is C9H12NNaO2. The Hall–Kier alpha value is -0.510. The second-order valence-corrected chi connectivity index (χ2v) is 2.60. The van der Waals surface area contributed by atoms with Gasteiger partial charge in [0.2, 0.25) is 5.91 Å². The SMILES string of the molecule is NC(=O)CCc1ccccc1O.[H-].[Na+]. The van der Waals surface area contributed by atoms with Gasteiger partial charge >= 0.3 is 29.6 Å². The minimum absolute atomic E-state index is 0. The van der Waals surface area contributed by atoms with E-state index in [4.69, 9.17) is 5.73 Å². The monoisotopic (exact) mass is 189 g/mol. The van der Waals surface area contributed by atoms with Crippen LogP contribution < -0.4 is 35.3 Å². The summed E-state index contributed by atoms with van der Waals surface area (Å²) in [4.78, 5) is 10.4. The van der Waals surface area contributed by atoms with Crippen molar-refractivity contribution in [3.8, 4) is 5.75 Å². The first kappa shape index (κ1) is 12.5. The molecule has 0 atom stereocenters. The molecule has 0 saturated heterocycles. The van der Waals surface area contributed by atoms with E-state index in [1.54, 1.807) is 18.2 Å². The number of amides is 1. The minimum atomic E-state index is -0.349. The molecule has 1 rings (SSSR count). The predicted octanol–water partition coefficient (Wildman–Crippen LogP) is -2.07. The number of carbonyl (C=O) groups is 1. The molecule has 0 aliphatic carbocycles. The molecule has 0 saturated carbocycles. The van der Waals surface area contributed by atoms with Gasteiger partial charge in [0.25, 0.3) is 0 Å². The Kier molecular flexibility index (Phi) is 5.79. The maximum Gasteiger partial charge on any atom is 1.00 e. The Morgan fingerprint density at radius 1 is 1.46 bits per heavy atom. The molecule has 1 aromatic carbocycles. The average molecular weight is 189 g/mol. The molecule has 1 aromatic rings. The van der Waals surface area contributed by atoms with Gasteiger partial charge in [-0.25, -0.2) is 0 Å². The van der Waals surface area contributed by atoms with Crippen LogP contribution in [0.4, 0.5) is 0 Å². The first-order chi connectivity index (χ1) is 5.70. The quantitative estimate of drug-likeness (QED) is 0.536. The number of rotatable bonds is 3. The second kappa shape index (κ2) is 6.02. The van der Waals surface area contributed by atoms with Crippen LogP contribution in [-0.4, -0.2) is 11.0 Å². The van der Waals surface area contributed by atoms with Gasteiger partial charge in [0.1, 0.15) is 5.75 Å². The maximum atomic E-state index is 10.4. The molecule has 66 valence electrons. The predicted molar refractivity (Wildman–Crippen MR) is 46.7 cm³/mol. The molecule has 0 bridgehead atoms. The zero-order chi connectivity index (χ0) is 8.97. The van der Waals surface area contributed by atoms with Crippen molar-refractivity contribution in [3.63, 3.8) is 0 Å². The van der Waals surface area contributed by atoms with Crippen molar-refractivity contribution in [2.75, 3.05) is 0 Å². The van der Waals surface area contributed by atoms with E-state index in [9.17, 15) is 9.90 Å². The third-order valence-corrected chi connectivity index (χ3v) is 1.63. The van der Waals surface area contributed by atoms with Crippen molar-refractivity contribution in [2.45, 2.75) is 12.8 Å². The average Bonchev–Trinajstić information content (AvgIpc) is 2.03. The number of para-hydroxylation sites is 1. The Bertz CT molecular complexity index is 294. The number of phenolic OH excluding ortho intramolecular Hbond substituents is 1. The van der Waals surface area contributed by atoms with Gasteiger partial charge in [-0.15, -0.1) is 0 Å². The number of phenols is 1. The third kappa shape index (κ3) is 4.31. The molecular weight excluding hydrogens is 177 g/mol. The van der Waals surface area contributed by atoms with Crippen molar-refractivity contribution < 1.29 is 40.9 Å². The summed E-state index contributed by atoms with van der Waals surface area (Å²) in [5, 5.41) is 9.27. The molecule has 3 N–H and O–H groups in total. The van der Waals surface area contributed by atoms with Crippen LogP contribution in [0.25, 0.3) is 0 Å². The number of hydrogen-bond donors (Lipinski definition) is 2. The molecule has 0 aliphatic rings. The zero-order valence-corrected chi connectivity index (χ0v) is 9.66. The van der Waals surface area contributed by atoms with E-state index in [0.29, 0.717) is 6.42 Å². The van der Waals surface area contributed by atoms with Crippen molar-refractivity contribution in [2.24, 2.45) is 5.73 Å². The van der Waals surface area contributed by atoms with E-state index in [-0.39, 0.29) is 49.1 Å². The molecule has 0 aliphatic heterocycles. The van der Waals surface area contributed by atoms with Crippen molar-refractivity contribution in [1.29, 1.82) is 0 Å². The van der Waals surface area contributed by atoms with E-state index in [1.807, 2.05) is 6.07 Å². The largest absolute Gasteiger partial charge is 1.00 e. The van der Waals surface area contributed by atoms with Crippen LogP contribution in [0.3, 0.4) is 0 Å². The molecule has 0 radical (unpaired) electrons.